The van der Waals surface area contributed by atoms with E-state index in [4.69, 9.17) is 4.74 Å². The number of aromatic nitrogens is 1. The normalized spacial score (nSPS) is 9.94. The summed E-state index contributed by atoms with van der Waals surface area (Å²) in [6, 6.07) is 9.97. The molecule has 1 aromatic heterocycles. The summed E-state index contributed by atoms with van der Waals surface area (Å²) in [5.41, 5.74) is -0.0411. The standard InChI is InChI=1S/C11H7IN2O3/c12-8-2-1-3-10(6-8)17-11-7-9(14(15)16)4-5-13-11/h1-7H. The van der Waals surface area contributed by atoms with E-state index in [-0.39, 0.29) is 11.6 Å². The van der Waals surface area contributed by atoms with Crippen LogP contribution in [-0.4, -0.2) is 9.91 Å². The van der Waals surface area contributed by atoms with Crippen LogP contribution in [0.15, 0.2) is 42.6 Å². The monoisotopic (exact) mass is 342 g/mol. The Kier molecular flexibility index (Phi) is 3.52. The molecule has 0 aliphatic heterocycles. The van der Waals surface area contributed by atoms with E-state index in [0.717, 1.165) is 3.57 Å². The summed E-state index contributed by atoms with van der Waals surface area (Å²) >= 11 is 2.16. The van der Waals surface area contributed by atoms with Gasteiger partial charge in [0.1, 0.15) is 5.75 Å². The Morgan fingerprint density at radius 2 is 2.12 bits per heavy atom. The zero-order valence-corrected chi connectivity index (χ0v) is 10.7. The first-order valence-electron chi connectivity index (χ1n) is 4.69. The molecule has 17 heavy (non-hydrogen) atoms. The lowest BCUT2D eigenvalue weighted by Crippen LogP contribution is -1.92. The molecule has 5 nitrogen and oxygen atoms in total. The molecule has 0 unspecified atom stereocenters. The maximum absolute atomic E-state index is 10.6. The van der Waals surface area contributed by atoms with Crippen molar-refractivity contribution in [3.63, 3.8) is 0 Å². The molecule has 1 aromatic carbocycles. The molecule has 86 valence electrons. The van der Waals surface area contributed by atoms with Crippen molar-refractivity contribution in [2.45, 2.75) is 0 Å². The molecule has 0 saturated heterocycles. The van der Waals surface area contributed by atoms with Gasteiger partial charge in [-0.15, -0.1) is 0 Å². The van der Waals surface area contributed by atoms with Crippen LogP contribution in [0.2, 0.25) is 0 Å². The van der Waals surface area contributed by atoms with E-state index in [0.29, 0.717) is 5.75 Å². The molecule has 2 rings (SSSR count). The van der Waals surface area contributed by atoms with E-state index < -0.39 is 4.92 Å². The molecule has 0 fully saturated rings. The van der Waals surface area contributed by atoms with Crippen molar-refractivity contribution in [3.8, 4) is 11.6 Å². The second-order valence-corrected chi connectivity index (χ2v) is 4.41. The first kappa shape index (κ1) is 11.8. The number of nitrogens with zero attached hydrogens (tertiary/aromatic N) is 2. The lowest BCUT2D eigenvalue weighted by atomic mass is 10.3. The van der Waals surface area contributed by atoms with Gasteiger partial charge in [-0.3, -0.25) is 10.1 Å². The number of rotatable bonds is 3. The van der Waals surface area contributed by atoms with Crippen molar-refractivity contribution < 1.29 is 9.66 Å². The third-order valence-corrected chi connectivity index (χ3v) is 2.62. The summed E-state index contributed by atoms with van der Waals surface area (Å²) in [5.74, 6) is 0.811. The SMILES string of the molecule is O=[N+]([O-])c1ccnc(Oc2cccc(I)c2)c1. The molecule has 6 heteroatoms. The molecule has 0 amide bonds. The van der Waals surface area contributed by atoms with Crippen molar-refractivity contribution in [2.24, 2.45) is 0 Å². The zero-order chi connectivity index (χ0) is 12.3. The average molecular weight is 342 g/mol. The van der Waals surface area contributed by atoms with Crippen molar-refractivity contribution in [1.82, 2.24) is 4.98 Å². The van der Waals surface area contributed by atoms with Gasteiger partial charge in [-0.2, -0.15) is 0 Å². The van der Waals surface area contributed by atoms with Crippen molar-refractivity contribution in [1.29, 1.82) is 0 Å². The number of pyridine rings is 1. The van der Waals surface area contributed by atoms with E-state index in [9.17, 15) is 10.1 Å². The van der Waals surface area contributed by atoms with Crippen LogP contribution in [0.25, 0.3) is 0 Å². The fraction of sp³-hybridized carbons (Fsp3) is 0. The number of ether oxygens (including phenoxy) is 1. The van der Waals surface area contributed by atoms with Crippen LogP contribution in [0.1, 0.15) is 0 Å². The summed E-state index contributed by atoms with van der Waals surface area (Å²) in [5, 5.41) is 10.6. The van der Waals surface area contributed by atoms with Gasteiger partial charge in [-0.1, -0.05) is 6.07 Å². The van der Waals surface area contributed by atoms with Gasteiger partial charge < -0.3 is 4.74 Å². The molecule has 0 spiro atoms. The van der Waals surface area contributed by atoms with Gasteiger partial charge in [-0.05, 0) is 40.8 Å². The first-order chi connectivity index (χ1) is 8.15. The minimum absolute atomic E-state index is 0.0411. The molecule has 0 atom stereocenters. The first-order valence-corrected chi connectivity index (χ1v) is 5.77. The highest BCUT2D eigenvalue weighted by molar-refractivity contribution is 14.1. The molecule has 0 aliphatic carbocycles. The van der Waals surface area contributed by atoms with Crippen LogP contribution in [0.5, 0.6) is 11.6 Å². The average Bonchev–Trinajstić information content (AvgIpc) is 2.29. The highest BCUT2D eigenvalue weighted by atomic mass is 127. The number of benzene rings is 1. The van der Waals surface area contributed by atoms with E-state index in [1.54, 1.807) is 6.07 Å². The van der Waals surface area contributed by atoms with Crippen molar-refractivity contribution >= 4 is 28.3 Å². The smallest absolute Gasteiger partial charge is 0.276 e. The highest BCUT2D eigenvalue weighted by Gasteiger charge is 2.08. The molecule has 0 bridgehead atoms. The maximum atomic E-state index is 10.6. The molecular weight excluding hydrogens is 335 g/mol. The Bertz CT molecular complexity index is 560. The Morgan fingerprint density at radius 3 is 2.82 bits per heavy atom. The second kappa shape index (κ2) is 5.09. The predicted octanol–water partition coefficient (Wildman–Crippen LogP) is 3.39. The van der Waals surface area contributed by atoms with Gasteiger partial charge in [0.15, 0.2) is 0 Å². The molecule has 0 saturated carbocycles. The summed E-state index contributed by atoms with van der Waals surface area (Å²) in [4.78, 5) is 14.0. The van der Waals surface area contributed by atoms with Crippen molar-refractivity contribution in [3.05, 3.63) is 56.3 Å². The Morgan fingerprint density at radius 1 is 1.29 bits per heavy atom. The fourth-order valence-corrected chi connectivity index (χ4v) is 1.73. The maximum Gasteiger partial charge on any atom is 0.276 e. The predicted molar refractivity (Wildman–Crippen MR) is 70.1 cm³/mol. The topological polar surface area (TPSA) is 65.3 Å². The van der Waals surface area contributed by atoms with Crippen molar-refractivity contribution in [2.75, 3.05) is 0 Å². The molecule has 0 radical (unpaired) electrons. The molecule has 2 aromatic rings. The third kappa shape index (κ3) is 3.13. The summed E-state index contributed by atoms with van der Waals surface area (Å²) < 4.78 is 6.45. The molecule has 1 heterocycles. The van der Waals surface area contributed by atoms with Crippen LogP contribution in [0.4, 0.5) is 5.69 Å². The summed E-state index contributed by atoms with van der Waals surface area (Å²) in [6.07, 6.45) is 1.35. The van der Waals surface area contributed by atoms with Crippen LogP contribution < -0.4 is 4.74 Å². The van der Waals surface area contributed by atoms with Crippen LogP contribution >= 0.6 is 22.6 Å². The van der Waals surface area contributed by atoms with E-state index in [2.05, 4.69) is 27.6 Å². The Balaban J connectivity index is 2.24. The largest absolute Gasteiger partial charge is 0.439 e. The molecule has 0 aliphatic rings. The zero-order valence-electron chi connectivity index (χ0n) is 8.54. The van der Waals surface area contributed by atoms with E-state index >= 15 is 0 Å². The Hall–Kier alpha value is -1.70. The highest BCUT2D eigenvalue weighted by Crippen LogP contribution is 2.23. The fourth-order valence-electron chi connectivity index (χ4n) is 1.22. The van der Waals surface area contributed by atoms with Gasteiger partial charge in [0, 0.05) is 15.8 Å². The quantitative estimate of drug-likeness (QED) is 0.487. The van der Waals surface area contributed by atoms with Crippen LogP contribution in [0, 0.1) is 13.7 Å². The van der Waals surface area contributed by atoms with E-state index in [1.807, 2.05) is 18.2 Å². The van der Waals surface area contributed by atoms with Gasteiger partial charge >= 0.3 is 0 Å². The van der Waals surface area contributed by atoms with Crippen LogP contribution in [-0.2, 0) is 0 Å². The number of halogens is 1. The lowest BCUT2D eigenvalue weighted by Gasteiger charge is -2.04. The second-order valence-electron chi connectivity index (χ2n) is 3.17. The number of hydrogen-bond donors (Lipinski definition) is 0. The molecular formula is C11H7IN2O3. The number of hydrogen-bond acceptors (Lipinski definition) is 4. The Labute approximate surface area is 111 Å². The van der Waals surface area contributed by atoms with Gasteiger partial charge in [-0.25, -0.2) is 4.98 Å². The lowest BCUT2D eigenvalue weighted by molar-refractivity contribution is -0.385. The minimum atomic E-state index is -0.483. The number of nitro groups is 1. The third-order valence-electron chi connectivity index (χ3n) is 1.95. The minimum Gasteiger partial charge on any atom is -0.439 e. The molecule has 0 N–H and O–H groups in total. The summed E-state index contributed by atoms with van der Waals surface area (Å²) in [7, 11) is 0. The van der Waals surface area contributed by atoms with E-state index in [1.165, 1.54) is 18.3 Å². The van der Waals surface area contributed by atoms with Crippen LogP contribution in [0.3, 0.4) is 0 Å². The summed E-state index contributed by atoms with van der Waals surface area (Å²) in [6.45, 7) is 0. The van der Waals surface area contributed by atoms with Gasteiger partial charge in [0.2, 0.25) is 5.88 Å². The van der Waals surface area contributed by atoms with Gasteiger partial charge in [0.05, 0.1) is 11.0 Å². The van der Waals surface area contributed by atoms with Gasteiger partial charge in [0.25, 0.3) is 5.69 Å².